The minimum Gasteiger partial charge on any atom is -0.487 e. The molecule has 37 heavy (non-hydrogen) atoms. The van der Waals surface area contributed by atoms with Gasteiger partial charge in [0, 0.05) is 38.5 Å². The van der Waals surface area contributed by atoms with Gasteiger partial charge in [-0.15, -0.1) is 0 Å². The average molecular weight is 559 g/mol. The highest BCUT2D eigenvalue weighted by Crippen LogP contribution is 2.31. The molecule has 1 aliphatic heterocycles. The van der Waals surface area contributed by atoms with E-state index in [0.29, 0.717) is 6.07 Å². The molecule has 0 saturated carbocycles. The third kappa shape index (κ3) is 6.40. The van der Waals surface area contributed by atoms with Gasteiger partial charge in [-0.1, -0.05) is 0 Å². The van der Waals surface area contributed by atoms with Crippen LogP contribution in [0.4, 0.5) is 14.5 Å². The number of hydrogen-bond acceptors (Lipinski definition) is 7. The second-order valence-electron chi connectivity index (χ2n) is 10.3. The van der Waals surface area contributed by atoms with Crippen molar-refractivity contribution >= 4 is 31.3 Å². The Morgan fingerprint density at radius 3 is 2.05 bits per heavy atom. The van der Waals surface area contributed by atoms with Crippen LogP contribution in [-0.2, 0) is 19.7 Å². The number of halogens is 2. The molecule has 0 bridgehead atoms. The SMILES string of the molecule is CC(C)S(=O)(=O)c1cc(F)c(N2CCN(C(=O)c3cc(S(C)(=O)=O)ccc3OC(C)(C)C)CC2)cc1F. The number of amides is 1. The highest BCUT2D eigenvalue weighted by molar-refractivity contribution is 7.92. The van der Waals surface area contributed by atoms with Gasteiger partial charge < -0.3 is 14.5 Å². The summed E-state index contributed by atoms with van der Waals surface area (Å²) in [6, 6.07) is 5.69. The number of carbonyl (C=O) groups is 1. The lowest BCUT2D eigenvalue weighted by Crippen LogP contribution is -2.49. The van der Waals surface area contributed by atoms with Gasteiger partial charge in [-0.25, -0.2) is 25.6 Å². The lowest BCUT2D eigenvalue weighted by molar-refractivity contribution is 0.0730. The molecule has 1 fully saturated rings. The standard InChI is InChI=1S/C25H32F2N2O6S2/c1-16(2)37(33,34)23-15-19(26)21(14-20(23)27)28-9-11-29(12-10-28)24(30)18-13-17(36(6,31)32)7-8-22(18)35-25(3,4)5/h7-8,13-16H,9-12H2,1-6H3. The molecule has 204 valence electrons. The normalized spacial score (nSPS) is 15.3. The summed E-state index contributed by atoms with van der Waals surface area (Å²) in [5.74, 6) is -2.12. The molecule has 1 heterocycles. The van der Waals surface area contributed by atoms with Crippen molar-refractivity contribution in [3.05, 3.63) is 47.5 Å². The van der Waals surface area contributed by atoms with Crippen LogP contribution in [-0.4, -0.2) is 70.9 Å². The Hall–Kier alpha value is -2.73. The van der Waals surface area contributed by atoms with Crippen LogP contribution < -0.4 is 9.64 Å². The number of nitrogens with zero attached hydrogens (tertiary/aromatic N) is 2. The highest BCUT2D eigenvalue weighted by atomic mass is 32.2. The van der Waals surface area contributed by atoms with Crippen molar-refractivity contribution in [2.45, 2.75) is 55.3 Å². The quantitative estimate of drug-likeness (QED) is 0.533. The molecule has 12 heteroatoms. The summed E-state index contributed by atoms with van der Waals surface area (Å²) in [5, 5.41) is -0.907. The molecule has 1 saturated heterocycles. The van der Waals surface area contributed by atoms with Gasteiger partial charge >= 0.3 is 0 Å². The Labute approximate surface area is 217 Å². The van der Waals surface area contributed by atoms with E-state index in [4.69, 9.17) is 4.74 Å². The predicted octanol–water partition coefficient (Wildman–Crippen LogP) is 3.69. The second-order valence-corrected chi connectivity index (χ2v) is 14.7. The van der Waals surface area contributed by atoms with E-state index in [0.717, 1.165) is 12.3 Å². The Kier molecular flexibility index (Phi) is 7.95. The number of anilines is 1. The first kappa shape index (κ1) is 28.8. The van der Waals surface area contributed by atoms with E-state index in [1.807, 2.05) is 0 Å². The Bertz CT molecular complexity index is 1410. The fourth-order valence-corrected chi connectivity index (χ4v) is 5.63. The molecule has 0 atom stereocenters. The third-order valence-corrected chi connectivity index (χ3v) is 9.14. The monoisotopic (exact) mass is 558 g/mol. The molecular weight excluding hydrogens is 526 g/mol. The molecule has 1 aliphatic rings. The van der Waals surface area contributed by atoms with E-state index >= 15 is 0 Å². The fourth-order valence-electron chi connectivity index (χ4n) is 3.88. The maximum Gasteiger partial charge on any atom is 0.257 e. The van der Waals surface area contributed by atoms with Gasteiger partial charge in [0.15, 0.2) is 19.7 Å². The topological polar surface area (TPSA) is 101 Å². The molecule has 0 aliphatic carbocycles. The summed E-state index contributed by atoms with van der Waals surface area (Å²) in [4.78, 5) is 15.7. The van der Waals surface area contributed by atoms with E-state index < -0.39 is 53.0 Å². The lowest BCUT2D eigenvalue weighted by atomic mass is 10.1. The van der Waals surface area contributed by atoms with Gasteiger partial charge in [0.1, 0.15) is 27.9 Å². The zero-order valence-corrected chi connectivity index (χ0v) is 23.3. The molecular formula is C25H32F2N2O6S2. The Morgan fingerprint density at radius 2 is 1.54 bits per heavy atom. The second kappa shape index (κ2) is 10.2. The van der Waals surface area contributed by atoms with Crippen LogP contribution in [0.25, 0.3) is 0 Å². The summed E-state index contributed by atoms with van der Waals surface area (Å²) >= 11 is 0. The van der Waals surface area contributed by atoms with Crippen molar-refractivity contribution in [2.24, 2.45) is 0 Å². The van der Waals surface area contributed by atoms with Crippen molar-refractivity contribution in [2.75, 3.05) is 37.3 Å². The van der Waals surface area contributed by atoms with Crippen molar-refractivity contribution in [3.63, 3.8) is 0 Å². The molecule has 0 N–H and O–H groups in total. The number of sulfone groups is 2. The zero-order valence-electron chi connectivity index (χ0n) is 21.7. The van der Waals surface area contributed by atoms with Gasteiger partial charge in [0.2, 0.25) is 0 Å². The molecule has 2 aromatic rings. The maximum atomic E-state index is 14.9. The Balaban J connectivity index is 1.85. The van der Waals surface area contributed by atoms with Crippen LogP contribution in [0.5, 0.6) is 5.75 Å². The van der Waals surface area contributed by atoms with E-state index in [-0.39, 0.29) is 48.1 Å². The smallest absolute Gasteiger partial charge is 0.257 e. The summed E-state index contributed by atoms with van der Waals surface area (Å²) in [6.07, 6.45) is 1.05. The molecule has 0 radical (unpaired) electrons. The minimum absolute atomic E-state index is 0.0234. The number of benzene rings is 2. The zero-order chi connectivity index (χ0) is 27.9. The fraction of sp³-hybridized carbons (Fsp3) is 0.480. The number of carbonyl (C=O) groups excluding carboxylic acids is 1. The first-order chi connectivity index (χ1) is 16.9. The summed E-state index contributed by atoms with van der Waals surface area (Å²) in [6.45, 7) is 8.77. The first-order valence-electron chi connectivity index (χ1n) is 11.7. The van der Waals surface area contributed by atoms with Gasteiger partial charge in [0.25, 0.3) is 5.91 Å². The number of piperazine rings is 1. The van der Waals surface area contributed by atoms with Gasteiger partial charge in [-0.2, -0.15) is 0 Å². The predicted molar refractivity (Wildman–Crippen MR) is 137 cm³/mol. The molecule has 1 amide bonds. The largest absolute Gasteiger partial charge is 0.487 e. The van der Waals surface area contributed by atoms with Crippen molar-refractivity contribution in [1.82, 2.24) is 4.90 Å². The van der Waals surface area contributed by atoms with Gasteiger partial charge in [-0.05, 0) is 58.9 Å². The average Bonchev–Trinajstić information content (AvgIpc) is 2.78. The minimum atomic E-state index is -4.00. The van der Waals surface area contributed by atoms with E-state index in [1.54, 1.807) is 20.8 Å². The molecule has 2 aromatic carbocycles. The third-order valence-electron chi connectivity index (χ3n) is 5.86. The van der Waals surface area contributed by atoms with Crippen molar-refractivity contribution in [3.8, 4) is 5.75 Å². The van der Waals surface area contributed by atoms with E-state index in [9.17, 15) is 30.4 Å². The Morgan fingerprint density at radius 1 is 0.946 bits per heavy atom. The summed E-state index contributed by atoms with van der Waals surface area (Å²) in [7, 11) is -7.58. The van der Waals surface area contributed by atoms with Crippen LogP contribution in [0.3, 0.4) is 0 Å². The molecule has 0 unspecified atom stereocenters. The van der Waals surface area contributed by atoms with Crippen molar-refractivity contribution < 1.29 is 35.1 Å². The number of hydrogen-bond donors (Lipinski definition) is 0. The molecule has 0 spiro atoms. The van der Waals surface area contributed by atoms with Crippen LogP contribution in [0.15, 0.2) is 40.1 Å². The molecule has 3 rings (SSSR count). The van der Waals surface area contributed by atoms with Gasteiger partial charge in [-0.3, -0.25) is 4.79 Å². The maximum absolute atomic E-state index is 14.9. The summed E-state index contributed by atoms with van der Waals surface area (Å²) in [5.41, 5.74) is -0.646. The lowest BCUT2D eigenvalue weighted by Gasteiger charge is -2.36. The molecule has 8 nitrogen and oxygen atoms in total. The molecule has 0 aromatic heterocycles. The number of ether oxygens (including phenoxy) is 1. The number of rotatable bonds is 6. The van der Waals surface area contributed by atoms with E-state index in [2.05, 4.69) is 0 Å². The first-order valence-corrected chi connectivity index (χ1v) is 15.2. The van der Waals surface area contributed by atoms with E-state index in [1.165, 1.54) is 41.8 Å². The highest BCUT2D eigenvalue weighted by Gasteiger charge is 2.30. The van der Waals surface area contributed by atoms with Crippen molar-refractivity contribution in [1.29, 1.82) is 0 Å². The van der Waals surface area contributed by atoms with Crippen LogP contribution >= 0.6 is 0 Å². The van der Waals surface area contributed by atoms with Crippen LogP contribution in [0.1, 0.15) is 45.0 Å². The van der Waals surface area contributed by atoms with Crippen LogP contribution in [0.2, 0.25) is 0 Å². The summed E-state index contributed by atoms with van der Waals surface area (Å²) < 4.78 is 84.3. The van der Waals surface area contributed by atoms with Gasteiger partial charge in [0.05, 0.1) is 21.4 Å². The van der Waals surface area contributed by atoms with Crippen LogP contribution in [0, 0.1) is 11.6 Å².